The summed E-state index contributed by atoms with van der Waals surface area (Å²) in [6.07, 6.45) is 2.73. The Morgan fingerprint density at radius 3 is 3.00 bits per heavy atom. The van der Waals surface area contributed by atoms with Crippen LogP contribution in [-0.4, -0.2) is 37.1 Å². The third-order valence-electron chi connectivity index (χ3n) is 4.16. The van der Waals surface area contributed by atoms with Crippen molar-refractivity contribution in [3.05, 3.63) is 23.8 Å². The van der Waals surface area contributed by atoms with Crippen LogP contribution < -0.4 is 10.6 Å². The zero-order valence-corrected chi connectivity index (χ0v) is 10.5. The molecule has 0 bridgehead atoms. The molecule has 0 radical (unpaired) electrons. The van der Waals surface area contributed by atoms with E-state index in [-0.39, 0.29) is 0 Å². The van der Waals surface area contributed by atoms with E-state index >= 15 is 0 Å². The fraction of sp³-hybridized carbons (Fsp3) is 0.571. The van der Waals surface area contributed by atoms with Gasteiger partial charge in [0.2, 0.25) is 0 Å². The summed E-state index contributed by atoms with van der Waals surface area (Å²) in [5.41, 5.74) is 9.45. The number of hydrogen-bond donors (Lipinski definition) is 1. The van der Waals surface area contributed by atoms with Gasteiger partial charge in [-0.25, -0.2) is 0 Å². The fourth-order valence-electron chi connectivity index (χ4n) is 3.18. The SMILES string of the molecule is Cc1ccc(N)cc1N1CCN2CCCC2C1. The van der Waals surface area contributed by atoms with Crippen molar-refractivity contribution in [2.75, 3.05) is 36.8 Å². The molecule has 0 aromatic heterocycles. The minimum atomic E-state index is 0.768. The summed E-state index contributed by atoms with van der Waals surface area (Å²) in [4.78, 5) is 5.15. The molecule has 0 aliphatic carbocycles. The van der Waals surface area contributed by atoms with Crippen molar-refractivity contribution >= 4 is 11.4 Å². The van der Waals surface area contributed by atoms with Crippen LogP contribution in [0.1, 0.15) is 18.4 Å². The second-order valence-corrected chi connectivity index (χ2v) is 5.32. The van der Waals surface area contributed by atoms with Crippen LogP contribution in [0.2, 0.25) is 0 Å². The van der Waals surface area contributed by atoms with E-state index in [9.17, 15) is 0 Å². The third-order valence-corrected chi connectivity index (χ3v) is 4.16. The predicted molar refractivity (Wildman–Crippen MR) is 72.4 cm³/mol. The van der Waals surface area contributed by atoms with Crippen molar-refractivity contribution in [1.82, 2.24) is 4.90 Å². The van der Waals surface area contributed by atoms with Crippen LogP contribution in [0.15, 0.2) is 18.2 Å². The summed E-state index contributed by atoms with van der Waals surface area (Å²) < 4.78 is 0. The molecule has 2 aliphatic rings. The molecule has 3 heteroatoms. The molecule has 2 aliphatic heterocycles. The van der Waals surface area contributed by atoms with E-state index in [1.165, 1.54) is 43.7 Å². The van der Waals surface area contributed by atoms with Crippen molar-refractivity contribution in [2.24, 2.45) is 0 Å². The van der Waals surface area contributed by atoms with Gasteiger partial charge in [-0.1, -0.05) is 6.07 Å². The molecule has 1 atom stereocenters. The average molecular weight is 231 g/mol. The Balaban J connectivity index is 1.82. The Morgan fingerprint density at radius 1 is 1.24 bits per heavy atom. The maximum Gasteiger partial charge on any atom is 0.0417 e. The second-order valence-electron chi connectivity index (χ2n) is 5.32. The Morgan fingerprint density at radius 2 is 2.12 bits per heavy atom. The summed E-state index contributed by atoms with van der Waals surface area (Å²) in [5, 5.41) is 0. The Bertz CT molecular complexity index is 416. The molecule has 2 fully saturated rings. The molecule has 3 nitrogen and oxygen atoms in total. The summed E-state index contributed by atoms with van der Waals surface area (Å²) >= 11 is 0. The molecule has 2 N–H and O–H groups in total. The number of nitrogens with two attached hydrogens (primary N) is 1. The minimum absolute atomic E-state index is 0.768. The molecule has 17 heavy (non-hydrogen) atoms. The number of fused-ring (bicyclic) bond motifs is 1. The lowest BCUT2D eigenvalue weighted by Gasteiger charge is -2.39. The summed E-state index contributed by atoms with van der Waals surface area (Å²) in [6, 6.07) is 7.01. The van der Waals surface area contributed by atoms with Crippen molar-refractivity contribution in [1.29, 1.82) is 0 Å². The molecule has 0 amide bonds. The van der Waals surface area contributed by atoms with E-state index in [0.717, 1.165) is 18.3 Å². The van der Waals surface area contributed by atoms with Gasteiger partial charge in [0.05, 0.1) is 0 Å². The van der Waals surface area contributed by atoms with Gasteiger partial charge in [-0.3, -0.25) is 4.90 Å². The van der Waals surface area contributed by atoms with Crippen molar-refractivity contribution in [2.45, 2.75) is 25.8 Å². The highest BCUT2D eigenvalue weighted by Crippen LogP contribution is 2.28. The molecule has 0 spiro atoms. The number of nitrogens with zero attached hydrogens (tertiary/aromatic N) is 2. The van der Waals surface area contributed by atoms with Gasteiger partial charge in [-0.2, -0.15) is 0 Å². The standard InChI is InChI=1S/C14H21N3/c1-11-4-5-12(15)9-14(11)17-8-7-16-6-2-3-13(16)10-17/h4-5,9,13H,2-3,6-8,10,15H2,1H3. The molecule has 92 valence electrons. The smallest absolute Gasteiger partial charge is 0.0417 e. The lowest BCUT2D eigenvalue weighted by atomic mass is 10.1. The van der Waals surface area contributed by atoms with Crippen LogP contribution in [0.25, 0.3) is 0 Å². The molecular formula is C14H21N3. The number of anilines is 2. The number of nitrogen functional groups attached to an aromatic ring is 1. The van der Waals surface area contributed by atoms with Crippen LogP contribution >= 0.6 is 0 Å². The molecule has 0 saturated carbocycles. The Kier molecular flexibility index (Phi) is 2.71. The van der Waals surface area contributed by atoms with E-state index in [1.54, 1.807) is 0 Å². The van der Waals surface area contributed by atoms with Crippen LogP contribution in [0.3, 0.4) is 0 Å². The highest BCUT2D eigenvalue weighted by molar-refractivity contribution is 5.61. The van der Waals surface area contributed by atoms with Gasteiger partial charge in [-0.05, 0) is 44.0 Å². The first-order chi connectivity index (χ1) is 8.24. The predicted octanol–water partition coefficient (Wildman–Crippen LogP) is 1.86. The summed E-state index contributed by atoms with van der Waals surface area (Å²) in [5.74, 6) is 0. The van der Waals surface area contributed by atoms with Gasteiger partial charge in [-0.15, -0.1) is 0 Å². The maximum absolute atomic E-state index is 5.90. The van der Waals surface area contributed by atoms with Crippen LogP contribution in [-0.2, 0) is 0 Å². The van der Waals surface area contributed by atoms with Gasteiger partial charge < -0.3 is 10.6 Å². The second kappa shape index (κ2) is 4.22. The number of piperazine rings is 1. The van der Waals surface area contributed by atoms with E-state index in [4.69, 9.17) is 5.73 Å². The molecule has 1 unspecified atom stereocenters. The van der Waals surface area contributed by atoms with E-state index in [2.05, 4.69) is 28.9 Å². The minimum Gasteiger partial charge on any atom is -0.399 e. The van der Waals surface area contributed by atoms with Gasteiger partial charge >= 0.3 is 0 Å². The first-order valence-corrected chi connectivity index (χ1v) is 6.59. The highest BCUT2D eigenvalue weighted by atomic mass is 15.3. The zero-order chi connectivity index (χ0) is 11.8. The molecular weight excluding hydrogens is 210 g/mol. The van der Waals surface area contributed by atoms with E-state index in [0.29, 0.717) is 0 Å². The van der Waals surface area contributed by atoms with Gasteiger partial charge in [0, 0.05) is 37.1 Å². The van der Waals surface area contributed by atoms with Crippen molar-refractivity contribution in [3.8, 4) is 0 Å². The third kappa shape index (κ3) is 2.00. The molecule has 2 saturated heterocycles. The lowest BCUT2D eigenvalue weighted by molar-refractivity contribution is 0.231. The highest BCUT2D eigenvalue weighted by Gasteiger charge is 2.30. The number of hydrogen-bond acceptors (Lipinski definition) is 3. The monoisotopic (exact) mass is 231 g/mol. The summed E-state index contributed by atoms with van der Waals surface area (Å²) in [6.45, 7) is 6.99. The number of benzene rings is 1. The summed E-state index contributed by atoms with van der Waals surface area (Å²) in [7, 11) is 0. The average Bonchev–Trinajstić information content (AvgIpc) is 2.79. The molecule has 1 aromatic carbocycles. The quantitative estimate of drug-likeness (QED) is 0.749. The van der Waals surface area contributed by atoms with Crippen LogP contribution in [0.5, 0.6) is 0 Å². The lowest BCUT2D eigenvalue weighted by Crippen LogP contribution is -2.50. The Hall–Kier alpha value is -1.22. The van der Waals surface area contributed by atoms with Crippen molar-refractivity contribution in [3.63, 3.8) is 0 Å². The van der Waals surface area contributed by atoms with E-state index < -0.39 is 0 Å². The van der Waals surface area contributed by atoms with E-state index in [1.807, 2.05) is 6.07 Å². The Labute approximate surface area is 103 Å². The first kappa shape index (κ1) is 10.9. The molecule has 3 rings (SSSR count). The van der Waals surface area contributed by atoms with Gasteiger partial charge in [0.1, 0.15) is 0 Å². The number of rotatable bonds is 1. The molecule has 1 aromatic rings. The van der Waals surface area contributed by atoms with Crippen molar-refractivity contribution < 1.29 is 0 Å². The fourth-order valence-corrected chi connectivity index (χ4v) is 3.18. The largest absolute Gasteiger partial charge is 0.399 e. The van der Waals surface area contributed by atoms with Crippen LogP contribution in [0, 0.1) is 6.92 Å². The topological polar surface area (TPSA) is 32.5 Å². The molecule has 2 heterocycles. The van der Waals surface area contributed by atoms with Crippen LogP contribution in [0.4, 0.5) is 11.4 Å². The normalized spacial score (nSPS) is 25.0. The zero-order valence-electron chi connectivity index (χ0n) is 10.5. The maximum atomic E-state index is 5.90. The van der Waals surface area contributed by atoms with Gasteiger partial charge in [0.15, 0.2) is 0 Å². The first-order valence-electron chi connectivity index (χ1n) is 6.59. The van der Waals surface area contributed by atoms with Gasteiger partial charge in [0.25, 0.3) is 0 Å². The number of aryl methyl sites for hydroxylation is 1.